The Kier molecular flexibility index (Phi) is 3.91. The van der Waals surface area contributed by atoms with Crippen molar-refractivity contribution in [2.75, 3.05) is 13.7 Å². The van der Waals surface area contributed by atoms with E-state index in [1.165, 1.54) is 4.90 Å². The number of carbonyl (C=O) groups excluding carboxylic acids is 2. The number of aldehydes is 1. The molecule has 0 radical (unpaired) electrons. The second-order valence-corrected chi connectivity index (χ2v) is 4.93. The molecule has 1 saturated heterocycles. The lowest BCUT2D eigenvalue weighted by molar-refractivity contribution is -0.111. The number of hydrogen-bond donors (Lipinski definition) is 0. The molecule has 0 aromatic rings. The van der Waals surface area contributed by atoms with E-state index in [9.17, 15) is 9.59 Å². The van der Waals surface area contributed by atoms with Crippen LogP contribution < -0.4 is 0 Å². The van der Waals surface area contributed by atoms with E-state index >= 15 is 0 Å². The highest BCUT2D eigenvalue weighted by Gasteiger charge is 2.37. The van der Waals surface area contributed by atoms with Crippen LogP contribution in [0.3, 0.4) is 0 Å². The molecular formula is C11H19NO4. The number of carbonyl (C=O) groups is 2. The van der Waals surface area contributed by atoms with Gasteiger partial charge in [-0.3, -0.25) is 4.90 Å². The Morgan fingerprint density at radius 3 is 2.50 bits per heavy atom. The number of rotatable bonds is 2. The summed E-state index contributed by atoms with van der Waals surface area (Å²) in [5.74, 6) is 0. The molecule has 1 rings (SSSR count). The zero-order chi connectivity index (χ0) is 12.3. The molecule has 1 heterocycles. The molecule has 0 N–H and O–H groups in total. The van der Waals surface area contributed by atoms with Gasteiger partial charge in [-0.1, -0.05) is 0 Å². The van der Waals surface area contributed by atoms with E-state index in [1.54, 1.807) is 27.9 Å². The monoisotopic (exact) mass is 229 g/mol. The van der Waals surface area contributed by atoms with Crippen LogP contribution in [0.15, 0.2) is 0 Å². The zero-order valence-electron chi connectivity index (χ0n) is 10.2. The summed E-state index contributed by atoms with van der Waals surface area (Å²) in [4.78, 5) is 24.0. The van der Waals surface area contributed by atoms with Gasteiger partial charge in [-0.15, -0.1) is 0 Å². The highest BCUT2D eigenvalue weighted by molar-refractivity contribution is 5.74. The van der Waals surface area contributed by atoms with Gasteiger partial charge in [-0.25, -0.2) is 4.79 Å². The van der Waals surface area contributed by atoms with E-state index in [4.69, 9.17) is 9.47 Å². The molecule has 1 aliphatic heterocycles. The van der Waals surface area contributed by atoms with Crippen LogP contribution in [0.25, 0.3) is 0 Å². The van der Waals surface area contributed by atoms with Crippen LogP contribution in [0.1, 0.15) is 27.2 Å². The summed E-state index contributed by atoms with van der Waals surface area (Å²) in [6.45, 7) is 5.80. The molecule has 1 amide bonds. The number of likely N-dealkylation sites (tertiary alicyclic amines) is 1. The van der Waals surface area contributed by atoms with Crippen LogP contribution in [-0.2, 0) is 14.3 Å². The van der Waals surface area contributed by atoms with Crippen LogP contribution in [0.2, 0.25) is 0 Å². The summed E-state index contributed by atoms with van der Waals surface area (Å²) in [6.07, 6.45) is 0.772. The first-order valence-corrected chi connectivity index (χ1v) is 5.35. The number of hydrogen-bond acceptors (Lipinski definition) is 4. The fourth-order valence-electron chi connectivity index (χ4n) is 1.66. The van der Waals surface area contributed by atoms with Crippen molar-refractivity contribution < 1.29 is 19.1 Å². The summed E-state index contributed by atoms with van der Waals surface area (Å²) in [6, 6.07) is -0.431. The van der Waals surface area contributed by atoms with Gasteiger partial charge in [0, 0.05) is 13.5 Å². The van der Waals surface area contributed by atoms with Crippen molar-refractivity contribution in [3.63, 3.8) is 0 Å². The van der Waals surface area contributed by atoms with Gasteiger partial charge in [0.05, 0.1) is 18.7 Å². The van der Waals surface area contributed by atoms with E-state index in [-0.39, 0.29) is 6.10 Å². The molecule has 0 unspecified atom stereocenters. The Bertz CT molecular complexity index is 272. The topological polar surface area (TPSA) is 55.8 Å². The molecule has 0 aromatic heterocycles. The molecule has 0 aromatic carbocycles. The van der Waals surface area contributed by atoms with Crippen molar-refractivity contribution >= 4 is 12.4 Å². The van der Waals surface area contributed by atoms with Crippen molar-refractivity contribution in [1.29, 1.82) is 0 Å². The van der Waals surface area contributed by atoms with E-state index in [1.807, 2.05) is 0 Å². The minimum Gasteiger partial charge on any atom is -0.444 e. The number of nitrogens with zero attached hydrogens (tertiary/aromatic N) is 1. The van der Waals surface area contributed by atoms with Crippen LogP contribution in [0.5, 0.6) is 0 Å². The van der Waals surface area contributed by atoms with Gasteiger partial charge < -0.3 is 14.3 Å². The quantitative estimate of drug-likeness (QED) is 0.668. The average molecular weight is 229 g/mol. The van der Waals surface area contributed by atoms with Gasteiger partial charge in [0.15, 0.2) is 0 Å². The Morgan fingerprint density at radius 2 is 2.06 bits per heavy atom. The molecule has 2 atom stereocenters. The molecule has 16 heavy (non-hydrogen) atoms. The first kappa shape index (κ1) is 13.0. The van der Waals surface area contributed by atoms with Gasteiger partial charge in [0.25, 0.3) is 0 Å². The Morgan fingerprint density at radius 1 is 1.44 bits per heavy atom. The minimum atomic E-state index is -0.546. The third-order valence-electron chi connectivity index (χ3n) is 2.42. The second kappa shape index (κ2) is 4.82. The van der Waals surface area contributed by atoms with Crippen molar-refractivity contribution in [3.8, 4) is 0 Å². The third kappa shape index (κ3) is 3.20. The van der Waals surface area contributed by atoms with Crippen LogP contribution in [0.4, 0.5) is 4.79 Å². The molecule has 1 aliphatic rings. The molecule has 0 saturated carbocycles. The van der Waals surface area contributed by atoms with E-state index in [2.05, 4.69) is 0 Å². The first-order chi connectivity index (χ1) is 7.37. The van der Waals surface area contributed by atoms with Gasteiger partial charge in [0.2, 0.25) is 0 Å². The summed E-state index contributed by atoms with van der Waals surface area (Å²) >= 11 is 0. The highest BCUT2D eigenvalue weighted by atomic mass is 16.6. The number of methoxy groups -OCH3 is 1. The van der Waals surface area contributed by atoms with Gasteiger partial charge in [0.1, 0.15) is 11.9 Å². The Labute approximate surface area is 95.7 Å². The highest BCUT2D eigenvalue weighted by Crippen LogP contribution is 2.21. The lowest BCUT2D eigenvalue weighted by Crippen LogP contribution is -2.40. The zero-order valence-corrected chi connectivity index (χ0v) is 10.2. The van der Waals surface area contributed by atoms with Crippen LogP contribution in [-0.4, -0.2) is 48.7 Å². The predicted molar refractivity (Wildman–Crippen MR) is 58.2 cm³/mol. The normalized spacial score (nSPS) is 25.6. The van der Waals surface area contributed by atoms with Crippen molar-refractivity contribution in [2.24, 2.45) is 0 Å². The maximum absolute atomic E-state index is 11.8. The number of amides is 1. The Balaban J connectivity index is 2.64. The molecule has 0 aliphatic carbocycles. The van der Waals surface area contributed by atoms with E-state index in [0.29, 0.717) is 13.0 Å². The standard InChI is InChI=1S/C11H19NO4/c1-11(2,3)16-10(14)12-6-9(15-4)5-8(12)7-13/h7-9H,5-6H2,1-4H3/t8-,9+/m0/s1. The van der Waals surface area contributed by atoms with E-state index < -0.39 is 17.7 Å². The number of ether oxygens (including phenoxy) is 2. The largest absolute Gasteiger partial charge is 0.444 e. The van der Waals surface area contributed by atoms with Gasteiger partial charge in [-0.2, -0.15) is 0 Å². The van der Waals surface area contributed by atoms with Crippen molar-refractivity contribution in [1.82, 2.24) is 4.90 Å². The van der Waals surface area contributed by atoms with Gasteiger partial charge >= 0.3 is 6.09 Å². The van der Waals surface area contributed by atoms with Crippen LogP contribution in [0, 0.1) is 0 Å². The first-order valence-electron chi connectivity index (χ1n) is 5.35. The second-order valence-electron chi connectivity index (χ2n) is 4.93. The average Bonchev–Trinajstić information content (AvgIpc) is 2.58. The maximum Gasteiger partial charge on any atom is 0.410 e. The third-order valence-corrected chi connectivity index (χ3v) is 2.42. The fraction of sp³-hybridized carbons (Fsp3) is 0.818. The predicted octanol–water partition coefficient (Wildman–Crippen LogP) is 1.21. The van der Waals surface area contributed by atoms with Crippen LogP contribution >= 0.6 is 0 Å². The van der Waals surface area contributed by atoms with Gasteiger partial charge in [-0.05, 0) is 20.8 Å². The molecule has 0 spiro atoms. The SMILES string of the molecule is CO[C@@H]1C[C@@H](C=O)N(C(=O)OC(C)(C)C)C1. The molecule has 92 valence electrons. The maximum atomic E-state index is 11.8. The summed E-state index contributed by atoms with van der Waals surface area (Å²) in [7, 11) is 1.57. The molecule has 1 fully saturated rings. The Hall–Kier alpha value is -1.10. The lowest BCUT2D eigenvalue weighted by Gasteiger charge is -2.26. The summed E-state index contributed by atoms with van der Waals surface area (Å²) in [5.41, 5.74) is -0.546. The molecule has 5 heteroatoms. The van der Waals surface area contributed by atoms with E-state index in [0.717, 1.165) is 6.29 Å². The fourth-order valence-corrected chi connectivity index (χ4v) is 1.66. The lowest BCUT2D eigenvalue weighted by atomic mass is 10.2. The smallest absolute Gasteiger partial charge is 0.410 e. The molecule has 0 bridgehead atoms. The molecule has 5 nitrogen and oxygen atoms in total. The van der Waals surface area contributed by atoms with Crippen molar-refractivity contribution in [3.05, 3.63) is 0 Å². The van der Waals surface area contributed by atoms with Crippen molar-refractivity contribution in [2.45, 2.75) is 44.9 Å². The summed E-state index contributed by atoms with van der Waals surface area (Å²) in [5, 5.41) is 0. The minimum absolute atomic E-state index is 0.0808. The summed E-state index contributed by atoms with van der Waals surface area (Å²) < 4.78 is 10.4. The molecular weight excluding hydrogens is 210 g/mol.